The molecule has 0 radical (unpaired) electrons. The van der Waals surface area contributed by atoms with Crippen LogP contribution >= 0.6 is 0 Å². The maximum Gasteiger partial charge on any atom is 0.420 e. The van der Waals surface area contributed by atoms with Crippen LogP contribution < -0.4 is 20.1 Å². The Hall–Kier alpha value is -4.20. The first kappa shape index (κ1) is 28.8. The van der Waals surface area contributed by atoms with Crippen LogP contribution in [0.25, 0.3) is 0 Å². The fourth-order valence-electron chi connectivity index (χ4n) is 4.10. The molecule has 1 aliphatic heterocycles. The fraction of sp³-hybridized carbons (Fsp3) is 0.308. The number of halogens is 3. The fourth-order valence-corrected chi connectivity index (χ4v) is 5.62. The SMILES string of the molecule is COc1ccc(Oc2ccc(CNC(=O)C3(NC(=O)c4cncnc4)CCS(=O)(=O)CC3)cc2)c(C(F)(F)F)c1. The molecule has 2 aromatic carbocycles. The Morgan fingerprint density at radius 3 is 2.23 bits per heavy atom. The monoisotopic (exact) mass is 578 g/mol. The number of benzene rings is 2. The molecule has 2 amide bonds. The van der Waals surface area contributed by atoms with Crippen LogP contribution in [0.2, 0.25) is 0 Å². The van der Waals surface area contributed by atoms with Crippen molar-refractivity contribution in [3.05, 3.63) is 77.9 Å². The second kappa shape index (κ2) is 11.5. The van der Waals surface area contributed by atoms with Gasteiger partial charge in [-0.2, -0.15) is 13.2 Å². The first-order valence-electron chi connectivity index (χ1n) is 12.0. The minimum absolute atomic E-state index is 0.00820. The van der Waals surface area contributed by atoms with Crippen LogP contribution in [0.3, 0.4) is 0 Å². The Labute approximate surface area is 227 Å². The van der Waals surface area contributed by atoms with Crippen molar-refractivity contribution >= 4 is 21.7 Å². The number of nitrogens with zero attached hydrogens (tertiary/aromatic N) is 2. The van der Waals surface area contributed by atoms with Gasteiger partial charge in [-0.25, -0.2) is 18.4 Å². The Kier molecular flexibility index (Phi) is 8.28. The number of ether oxygens (including phenoxy) is 2. The van der Waals surface area contributed by atoms with E-state index in [9.17, 15) is 31.2 Å². The van der Waals surface area contributed by atoms with Gasteiger partial charge in [0.1, 0.15) is 34.7 Å². The van der Waals surface area contributed by atoms with Crippen LogP contribution in [-0.4, -0.2) is 54.4 Å². The topological polar surface area (TPSA) is 137 Å². The standard InChI is InChI=1S/C26H25F3N4O6S/c1-38-20-6-7-22(21(12-20)26(27,28)29)39-19-4-2-17(3-5-19)13-32-24(35)25(8-10-40(36,37)11-9-25)33-23(34)18-14-30-16-31-15-18/h2-7,12,14-16H,8-11,13H2,1H3,(H,32,35)(H,33,34). The van der Waals surface area contributed by atoms with Crippen molar-refractivity contribution in [1.29, 1.82) is 0 Å². The van der Waals surface area contributed by atoms with E-state index in [2.05, 4.69) is 20.6 Å². The van der Waals surface area contributed by atoms with Gasteiger partial charge < -0.3 is 20.1 Å². The Bertz CT molecular complexity index is 1470. The van der Waals surface area contributed by atoms with Gasteiger partial charge in [-0.3, -0.25) is 9.59 Å². The van der Waals surface area contributed by atoms with Crippen LogP contribution in [0, 0.1) is 0 Å². The maximum atomic E-state index is 13.5. The number of carbonyl (C=O) groups is 2. The summed E-state index contributed by atoms with van der Waals surface area (Å²) in [6.07, 6.45) is -1.09. The van der Waals surface area contributed by atoms with E-state index in [1.807, 2.05) is 0 Å². The molecule has 3 aromatic rings. The zero-order valence-electron chi connectivity index (χ0n) is 21.2. The first-order chi connectivity index (χ1) is 18.9. The number of aromatic nitrogens is 2. The van der Waals surface area contributed by atoms with Gasteiger partial charge in [-0.1, -0.05) is 12.1 Å². The second-order valence-corrected chi connectivity index (χ2v) is 11.4. The summed E-state index contributed by atoms with van der Waals surface area (Å²) in [6, 6.07) is 9.38. The summed E-state index contributed by atoms with van der Waals surface area (Å²) in [4.78, 5) is 33.6. The summed E-state index contributed by atoms with van der Waals surface area (Å²) >= 11 is 0. The highest BCUT2D eigenvalue weighted by Crippen LogP contribution is 2.40. The summed E-state index contributed by atoms with van der Waals surface area (Å²) in [5.41, 5.74) is -1.76. The van der Waals surface area contributed by atoms with Gasteiger partial charge in [0, 0.05) is 18.9 Å². The molecule has 0 atom stereocenters. The molecule has 1 fully saturated rings. The lowest BCUT2D eigenvalue weighted by Gasteiger charge is -2.36. The first-order valence-corrected chi connectivity index (χ1v) is 13.8. The predicted molar refractivity (Wildman–Crippen MR) is 136 cm³/mol. The zero-order valence-corrected chi connectivity index (χ0v) is 22.0. The average Bonchev–Trinajstić information content (AvgIpc) is 2.94. The van der Waals surface area contributed by atoms with Crippen molar-refractivity contribution in [2.24, 2.45) is 0 Å². The zero-order chi connectivity index (χ0) is 29.0. The van der Waals surface area contributed by atoms with E-state index in [4.69, 9.17) is 9.47 Å². The molecule has 2 N–H and O–H groups in total. The predicted octanol–water partition coefficient (Wildman–Crippen LogP) is 3.29. The average molecular weight is 579 g/mol. The van der Waals surface area contributed by atoms with E-state index >= 15 is 0 Å². The van der Waals surface area contributed by atoms with Crippen molar-refractivity contribution in [2.45, 2.75) is 31.1 Å². The smallest absolute Gasteiger partial charge is 0.420 e. The number of methoxy groups -OCH3 is 1. The molecule has 1 saturated heterocycles. The van der Waals surface area contributed by atoms with E-state index < -0.39 is 44.7 Å². The van der Waals surface area contributed by atoms with Gasteiger partial charge >= 0.3 is 6.18 Å². The minimum Gasteiger partial charge on any atom is -0.497 e. The molecule has 10 nitrogen and oxygen atoms in total. The molecular weight excluding hydrogens is 553 g/mol. The quantitative estimate of drug-likeness (QED) is 0.416. The lowest BCUT2D eigenvalue weighted by molar-refractivity contribution is -0.138. The van der Waals surface area contributed by atoms with Gasteiger partial charge in [0.05, 0.1) is 24.2 Å². The maximum absolute atomic E-state index is 13.5. The van der Waals surface area contributed by atoms with E-state index in [1.165, 1.54) is 44.0 Å². The summed E-state index contributed by atoms with van der Waals surface area (Å²) in [7, 11) is -2.09. The number of hydrogen-bond acceptors (Lipinski definition) is 8. The molecule has 0 spiro atoms. The molecule has 0 aliphatic carbocycles. The van der Waals surface area contributed by atoms with E-state index in [1.54, 1.807) is 12.1 Å². The number of alkyl halides is 3. The van der Waals surface area contributed by atoms with Gasteiger partial charge in [0.15, 0.2) is 9.84 Å². The van der Waals surface area contributed by atoms with Crippen molar-refractivity contribution in [3.63, 3.8) is 0 Å². The Morgan fingerprint density at radius 2 is 1.62 bits per heavy atom. The summed E-state index contributed by atoms with van der Waals surface area (Å²) in [5, 5.41) is 5.39. The summed E-state index contributed by atoms with van der Waals surface area (Å²) < 4.78 is 74.8. The van der Waals surface area contributed by atoms with Crippen molar-refractivity contribution < 1.29 is 40.7 Å². The van der Waals surface area contributed by atoms with Crippen LogP contribution in [-0.2, 0) is 27.4 Å². The molecule has 40 heavy (non-hydrogen) atoms. The van der Waals surface area contributed by atoms with Crippen LogP contribution in [0.5, 0.6) is 17.2 Å². The Morgan fingerprint density at radius 1 is 1.00 bits per heavy atom. The van der Waals surface area contributed by atoms with Crippen LogP contribution in [0.15, 0.2) is 61.2 Å². The molecule has 0 saturated carbocycles. The van der Waals surface area contributed by atoms with Crippen molar-refractivity contribution in [2.75, 3.05) is 18.6 Å². The number of rotatable bonds is 8. The molecule has 14 heteroatoms. The summed E-state index contributed by atoms with van der Waals surface area (Å²) in [5.74, 6) is -1.96. The lowest BCUT2D eigenvalue weighted by Crippen LogP contribution is -2.61. The van der Waals surface area contributed by atoms with Gasteiger partial charge in [-0.05, 0) is 48.7 Å². The van der Waals surface area contributed by atoms with Crippen molar-refractivity contribution in [1.82, 2.24) is 20.6 Å². The minimum atomic E-state index is -4.66. The van der Waals surface area contributed by atoms with Crippen LogP contribution in [0.4, 0.5) is 13.2 Å². The van der Waals surface area contributed by atoms with Gasteiger partial charge in [0.25, 0.3) is 5.91 Å². The number of nitrogens with one attached hydrogen (secondary N) is 2. The number of amides is 2. The Balaban J connectivity index is 1.45. The lowest BCUT2D eigenvalue weighted by atomic mass is 9.90. The molecule has 2 heterocycles. The highest BCUT2D eigenvalue weighted by atomic mass is 32.2. The molecule has 212 valence electrons. The largest absolute Gasteiger partial charge is 0.497 e. The number of hydrogen-bond donors (Lipinski definition) is 2. The number of carbonyl (C=O) groups excluding carboxylic acids is 2. The summed E-state index contributed by atoms with van der Waals surface area (Å²) in [6.45, 7) is 0.00820. The number of sulfone groups is 1. The van der Waals surface area contributed by atoms with Gasteiger partial charge in [0.2, 0.25) is 5.91 Å². The van der Waals surface area contributed by atoms with Crippen molar-refractivity contribution in [3.8, 4) is 17.2 Å². The molecule has 1 aromatic heterocycles. The molecule has 4 rings (SSSR count). The molecule has 0 bridgehead atoms. The highest BCUT2D eigenvalue weighted by molar-refractivity contribution is 7.91. The second-order valence-electron chi connectivity index (χ2n) is 9.10. The van der Waals surface area contributed by atoms with Gasteiger partial charge in [-0.15, -0.1) is 0 Å². The van der Waals surface area contributed by atoms with Crippen LogP contribution in [0.1, 0.15) is 34.3 Å². The third-order valence-electron chi connectivity index (χ3n) is 6.39. The van der Waals surface area contributed by atoms with E-state index in [0.29, 0.717) is 5.56 Å². The molecule has 0 unspecified atom stereocenters. The highest BCUT2D eigenvalue weighted by Gasteiger charge is 2.44. The normalized spacial score (nSPS) is 16.0. The van der Waals surface area contributed by atoms with E-state index in [0.717, 1.165) is 12.1 Å². The third-order valence-corrected chi connectivity index (χ3v) is 8.04. The van der Waals surface area contributed by atoms with E-state index in [-0.39, 0.29) is 48.0 Å². The third kappa shape index (κ3) is 6.86. The molecule has 1 aliphatic rings. The molecular formula is C26H25F3N4O6S.